The van der Waals surface area contributed by atoms with Crippen LogP contribution in [0.2, 0.25) is 0 Å². The van der Waals surface area contributed by atoms with Crippen LogP contribution in [0.25, 0.3) is 0 Å². The van der Waals surface area contributed by atoms with Gasteiger partial charge in [0.25, 0.3) is 0 Å². The van der Waals surface area contributed by atoms with Gasteiger partial charge in [-0.2, -0.15) is 0 Å². The largest absolute Gasteiger partial charge is 0.450 e. The van der Waals surface area contributed by atoms with Gasteiger partial charge in [-0.05, 0) is 32.1 Å². The van der Waals surface area contributed by atoms with Crippen molar-refractivity contribution in [2.45, 2.75) is 38.3 Å². The van der Waals surface area contributed by atoms with Crippen LogP contribution in [0.5, 0.6) is 0 Å². The molecular formula is C10H17NO3. The Balaban J connectivity index is 1.80. The van der Waals surface area contributed by atoms with Crippen LogP contribution in [-0.2, 0) is 9.47 Å². The summed E-state index contributed by atoms with van der Waals surface area (Å²) in [6.45, 7) is 2.99. The summed E-state index contributed by atoms with van der Waals surface area (Å²) in [5.41, 5.74) is 0. The number of nitrogens with one attached hydrogen (secondary N) is 1. The summed E-state index contributed by atoms with van der Waals surface area (Å²) in [4.78, 5) is 11.2. The van der Waals surface area contributed by atoms with E-state index in [4.69, 9.17) is 9.47 Å². The van der Waals surface area contributed by atoms with Crippen LogP contribution < -0.4 is 5.32 Å². The van der Waals surface area contributed by atoms with Gasteiger partial charge in [0, 0.05) is 6.61 Å². The molecule has 0 bridgehead atoms. The number of carbonyl (C=O) groups is 1. The van der Waals surface area contributed by atoms with Crippen molar-refractivity contribution in [3.8, 4) is 0 Å². The van der Waals surface area contributed by atoms with E-state index in [0.717, 1.165) is 13.0 Å². The summed E-state index contributed by atoms with van der Waals surface area (Å²) in [6.07, 6.45) is 3.32. The van der Waals surface area contributed by atoms with Gasteiger partial charge in [0.05, 0.1) is 18.8 Å². The Morgan fingerprint density at radius 3 is 2.93 bits per heavy atom. The van der Waals surface area contributed by atoms with Crippen LogP contribution in [0.1, 0.15) is 26.2 Å². The van der Waals surface area contributed by atoms with Crippen LogP contribution in [0.15, 0.2) is 0 Å². The number of rotatable bonds is 3. The third-order valence-corrected chi connectivity index (χ3v) is 2.80. The Hall–Kier alpha value is -0.770. The highest BCUT2D eigenvalue weighted by atomic mass is 16.5. The van der Waals surface area contributed by atoms with E-state index in [2.05, 4.69) is 5.32 Å². The molecule has 4 heteroatoms. The van der Waals surface area contributed by atoms with Crippen LogP contribution in [-0.4, -0.2) is 31.5 Å². The number of ether oxygens (including phenoxy) is 2. The van der Waals surface area contributed by atoms with Crippen molar-refractivity contribution in [2.75, 3.05) is 13.2 Å². The van der Waals surface area contributed by atoms with Gasteiger partial charge in [0.2, 0.25) is 0 Å². The molecule has 0 aromatic carbocycles. The average molecular weight is 199 g/mol. The molecule has 1 amide bonds. The predicted molar refractivity (Wildman–Crippen MR) is 51.0 cm³/mol. The van der Waals surface area contributed by atoms with Crippen molar-refractivity contribution >= 4 is 6.09 Å². The van der Waals surface area contributed by atoms with E-state index in [0.29, 0.717) is 12.5 Å². The summed E-state index contributed by atoms with van der Waals surface area (Å²) in [5, 5.41) is 2.87. The van der Waals surface area contributed by atoms with E-state index in [1.807, 2.05) is 6.92 Å². The van der Waals surface area contributed by atoms with Gasteiger partial charge >= 0.3 is 6.09 Å². The van der Waals surface area contributed by atoms with Crippen LogP contribution in [0.4, 0.5) is 4.79 Å². The van der Waals surface area contributed by atoms with Crippen molar-refractivity contribution in [2.24, 2.45) is 5.92 Å². The zero-order chi connectivity index (χ0) is 9.97. The summed E-state index contributed by atoms with van der Waals surface area (Å²) in [6, 6.07) is 0.168. The topological polar surface area (TPSA) is 47.6 Å². The summed E-state index contributed by atoms with van der Waals surface area (Å²) in [5.74, 6) is 0.671. The first-order valence-corrected chi connectivity index (χ1v) is 5.36. The second kappa shape index (κ2) is 4.17. The van der Waals surface area contributed by atoms with Gasteiger partial charge in [0.1, 0.15) is 0 Å². The average Bonchev–Trinajstić information content (AvgIpc) is 2.89. The number of hydrogen-bond donors (Lipinski definition) is 1. The maximum atomic E-state index is 11.2. The van der Waals surface area contributed by atoms with Crippen LogP contribution >= 0.6 is 0 Å². The molecule has 14 heavy (non-hydrogen) atoms. The molecule has 1 N–H and O–H groups in total. The lowest BCUT2D eigenvalue weighted by Crippen LogP contribution is -2.41. The molecular weight excluding hydrogens is 182 g/mol. The minimum Gasteiger partial charge on any atom is -0.450 e. The third kappa shape index (κ3) is 2.18. The molecule has 4 nitrogen and oxygen atoms in total. The van der Waals surface area contributed by atoms with E-state index in [-0.39, 0.29) is 18.2 Å². The monoisotopic (exact) mass is 199 g/mol. The van der Waals surface area contributed by atoms with E-state index >= 15 is 0 Å². The van der Waals surface area contributed by atoms with E-state index < -0.39 is 0 Å². The molecule has 1 heterocycles. The van der Waals surface area contributed by atoms with E-state index in [1.165, 1.54) is 12.8 Å². The minimum atomic E-state index is -0.311. The lowest BCUT2D eigenvalue weighted by Gasteiger charge is -2.18. The SMILES string of the molecule is CCOC(=O)NC1CCOC1C1CC1. The molecule has 1 aliphatic heterocycles. The van der Waals surface area contributed by atoms with E-state index in [1.54, 1.807) is 0 Å². The number of amides is 1. The molecule has 1 saturated heterocycles. The number of alkyl carbamates (subject to hydrolysis) is 1. The molecule has 0 aromatic rings. The second-order valence-electron chi connectivity index (χ2n) is 3.93. The summed E-state index contributed by atoms with van der Waals surface area (Å²) >= 11 is 0. The molecule has 0 radical (unpaired) electrons. The molecule has 2 fully saturated rings. The number of hydrogen-bond acceptors (Lipinski definition) is 3. The van der Waals surface area contributed by atoms with Crippen LogP contribution in [0.3, 0.4) is 0 Å². The molecule has 2 rings (SSSR count). The van der Waals surface area contributed by atoms with Gasteiger partial charge in [-0.15, -0.1) is 0 Å². The van der Waals surface area contributed by atoms with Gasteiger partial charge in [0.15, 0.2) is 0 Å². The predicted octanol–water partition coefficient (Wildman–Crippen LogP) is 1.30. The van der Waals surface area contributed by atoms with E-state index in [9.17, 15) is 4.79 Å². The van der Waals surface area contributed by atoms with Gasteiger partial charge < -0.3 is 14.8 Å². The Bertz CT molecular complexity index is 215. The van der Waals surface area contributed by atoms with Gasteiger partial charge in [-0.3, -0.25) is 0 Å². The number of carbonyl (C=O) groups excluding carboxylic acids is 1. The van der Waals surface area contributed by atoms with Gasteiger partial charge in [-0.1, -0.05) is 0 Å². The molecule has 2 unspecified atom stereocenters. The molecule has 0 spiro atoms. The molecule has 2 atom stereocenters. The highest BCUT2D eigenvalue weighted by Gasteiger charge is 2.41. The third-order valence-electron chi connectivity index (χ3n) is 2.80. The first-order chi connectivity index (χ1) is 6.81. The van der Waals surface area contributed by atoms with Crippen molar-refractivity contribution in [3.05, 3.63) is 0 Å². The summed E-state index contributed by atoms with van der Waals surface area (Å²) < 4.78 is 10.4. The smallest absolute Gasteiger partial charge is 0.407 e. The quantitative estimate of drug-likeness (QED) is 0.745. The van der Waals surface area contributed by atoms with Crippen molar-refractivity contribution in [1.29, 1.82) is 0 Å². The highest BCUT2D eigenvalue weighted by Crippen LogP contribution is 2.38. The Morgan fingerprint density at radius 1 is 1.50 bits per heavy atom. The molecule has 2 aliphatic rings. The van der Waals surface area contributed by atoms with Crippen LogP contribution in [0, 0.1) is 5.92 Å². The normalized spacial score (nSPS) is 31.5. The van der Waals surface area contributed by atoms with Crippen molar-refractivity contribution in [1.82, 2.24) is 5.32 Å². The fraction of sp³-hybridized carbons (Fsp3) is 0.900. The minimum absolute atomic E-state index is 0.168. The first kappa shape index (κ1) is 9.77. The zero-order valence-corrected chi connectivity index (χ0v) is 8.49. The Morgan fingerprint density at radius 2 is 2.29 bits per heavy atom. The maximum Gasteiger partial charge on any atom is 0.407 e. The van der Waals surface area contributed by atoms with Gasteiger partial charge in [-0.25, -0.2) is 4.79 Å². The Kier molecular flexibility index (Phi) is 2.91. The standard InChI is InChI=1S/C10H17NO3/c1-2-13-10(12)11-8-5-6-14-9(8)7-3-4-7/h7-9H,2-6H2,1H3,(H,11,12). The Labute approximate surface area is 84.0 Å². The second-order valence-corrected chi connectivity index (χ2v) is 3.93. The fourth-order valence-corrected chi connectivity index (χ4v) is 1.98. The first-order valence-electron chi connectivity index (χ1n) is 5.36. The highest BCUT2D eigenvalue weighted by molar-refractivity contribution is 5.67. The zero-order valence-electron chi connectivity index (χ0n) is 8.49. The maximum absolute atomic E-state index is 11.2. The fourth-order valence-electron chi connectivity index (χ4n) is 1.98. The molecule has 80 valence electrons. The molecule has 0 aromatic heterocycles. The lowest BCUT2D eigenvalue weighted by atomic mass is 10.1. The molecule has 1 aliphatic carbocycles. The summed E-state index contributed by atoms with van der Waals surface area (Å²) in [7, 11) is 0. The van der Waals surface area contributed by atoms with Crippen molar-refractivity contribution < 1.29 is 14.3 Å². The lowest BCUT2D eigenvalue weighted by molar-refractivity contribution is 0.0777. The molecule has 1 saturated carbocycles. The van der Waals surface area contributed by atoms with Crippen molar-refractivity contribution in [3.63, 3.8) is 0 Å².